The number of nitrogens with zero attached hydrogens (tertiary/aromatic N) is 4. The van der Waals surface area contributed by atoms with Crippen LogP contribution in [0.15, 0.2) is 60.9 Å². The molecule has 150 valence electrons. The van der Waals surface area contributed by atoms with E-state index in [9.17, 15) is 0 Å². The third-order valence-corrected chi connectivity index (χ3v) is 6.55. The molecule has 0 radical (unpaired) electrons. The van der Waals surface area contributed by atoms with E-state index in [4.69, 9.17) is 10.7 Å². The first-order chi connectivity index (χ1) is 14.7. The molecule has 0 aliphatic carbocycles. The van der Waals surface area contributed by atoms with Gasteiger partial charge in [-0.15, -0.1) is 0 Å². The number of fused-ring (bicyclic) bond motifs is 3. The zero-order valence-electron chi connectivity index (χ0n) is 16.7. The Morgan fingerprint density at radius 1 is 0.933 bits per heavy atom. The Labute approximate surface area is 175 Å². The van der Waals surface area contributed by atoms with E-state index < -0.39 is 0 Å². The fraction of sp³-hybridized carbons (Fsp3) is 0.292. The van der Waals surface area contributed by atoms with Gasteiger partial charge in [-0.2, -0.15) is 9.61 Å². The van der Waals surface area contributed by atoms with Gasteiger partial charge in [0.05, 0.1) is 11.9 Å². The molecule has 2 aliphatic heterocycles. The van der Waals surface area contributed by atoms with Gasteiger partial charge < -0.3 is 11.1 Å². The zero-order chi connectivity index (χ0) is 20.1. The Hall–Kier alpha value is -3.25. The van der Waals surface area contributed by atoms with E-state index in [2.05, 4.69) is 33.6 Å². The highest BCUT2D eigenvalue weighted by atomic mass is 15.3. The van der Waals surface area contributed by atoms with E-state index in [1.807, 2.05) is 42.7 Å². The molecule has 0 amide bonds. The number of piperidine rings is 1. The minimum atomic E-state index is 0.456. The van der Waals surface area contributed by atoms with E-state index in [1.54, 1.807) is 4.52 Å². The van der Waals surface area contributed by atoms with Crippen molar-refractivity contribution in [3.05, 3.63) is 66.6 Å². The Morgan fingerprint density at radius 2 is 1.73 bits per heavy atom. The standard InChI is InChI=1S/C24H24N6/c25-23-12-22(17-10-18-7-8-19(11-17)28-18)29-24-20(14-27-30(23)24)16-6-9-21(26-13-16)15-4-2-1-3-5-15/h1-6,9,12-14,17-19,28H,7-8,10-11,25H2. The van der Waals surface area contributed by atoms with Crippen molar-refractivity contribution in [3.63, 3.8) is 0 Å². The maximum Gasteiger partial charge on any atom is 0.165 e. The van der Waals surface area contributed by atoms with Gasteiger partial charge in [0.1, 0.15) is 5.82 Å². The summed E-state index contributed by atoms with van der Waals surface area (Å²) in [6.07, 6.45) is 8.56. The van der Waals surface area contributed by atoms with Crippen LogP contribution in [0.2, 0.25) is 0 Å². The van der Waals surface area contributed by atoms with Crippen LogP contribution in [0.1, 0.15) is 37.3 Å². The van der Waals surface area contributed by atoms with Crippen molar-refractivity contribution in [1.82, 2.24) is 24.9 Å². The predicted octanol–water partition coefficient (Wildman–Crippen LogP) is 4.04. The van der Waals surface area contributed by atoms with Gasteiger partial charge in [-0.05, 0) is 31.7 Å². The highest BCUT2D eigenvalue weighted by molar-refractivity contribution is 5.78. The average Bonchev–Trinajstić information content (AvgIpc) is 3.37. The summed E-state index contributed by atoms with van der Waals surface area (Å²) in [4.78, 5) is 9.71. The first-order valence-corrected chi connectivity index (χ1v) is 10.7. The minimum absolute atomic E-state index is 0.456. The summed E-state index contributed by atoms with van der Waals surface area (Å²) in [6, 6.07) is 17.6. The normalized spacial score (nSPS) is 23.1. The SMILES string of the molecule is Nc1cc(C2CC3CCC(C2)N3)nc2c(-c3ccc(-c4ccccc4)nc3)cnn12. The molecule has 6 nitrogen and oxygen atoms in total. The molecule has 2 bridgehead atoms. The average molecular weight is 396 g/mol. The molecule has 3 N–H and O–H groups in total. The smallest absolute Gasteiger partial charge is 0.165 e. The molecular weight excluding hydrogens is 372 g/mol. The van der Waals surface area contributed by atoms with E-state index in [0.717, 1.165) is 46.6 Å². The molecule has 0 saturated carbocycles. The molecule has 6 heteroatoms. The third-order valence-electron chi connectivity index (χ3n) is 6.55. The second kappa shape index (κ2) is 6.92. The van der Waals surface area contributed by atoms with Gasteiger partial charge in [0.15, 0.2) is 5.65 Å². The third kappa shape index (κ3) is 2.95. The molecule has 2 unspecified atom stereocenters. The van der Waals surface area contributed by atoms with Crippen LogP contribution in [0.5, 0.6) is 0 Å². The Balaban J connectivity index is 1.38. The Kier molecular flexibility index (Phi) is 4.06. The van der Waals surface area contributed by atoms with Crippen LogP contribution in [0.25, 0.3) is 28.0 Å². The number of nitrogen functional groups attached to an aromatic ring is 1. The molecular formula is C24H24N6. The quantitative estimate of drug-likeness (QED) is 0.546. The fourth-order valence-electron chi connectivity index (χ4n) is 5.05. The molecule has 1 aromatic carbocycles. The van der Waals surface area contributed by atoms with Crippen molar-refractivity contribution in [1.29, 1.82) is 0 Å². The lowest BCUT2D eigenvalue weighted by molar-refractivity contribution is 0.359. The van der Waals surface area contributed by atoms with Crippen LogP contribution in [-0.4, -0.2) is 31.7 Å². The number of rotatable bonds is 3. The highest BCUT2D eigenvalue weighted by Crippen LogP contribution is 2.37. The van der Waals surface area contributed by atoms with E-state index in [1.165, 1.54) is 12.8 Å². The van der Waals surface area contributed by atoms with Crippen LogP contribution in [0.3, 0.4) is 0 Å². The van der Waals surface area contributed by atoms with Crippen molar-refractivity contribution in [2.45, 2.75) is 43.7 Å². The first kappa shape index (κ1) is 17.6. The van der Waals surface area contributed by atoms with Crippen molar-refractivity contribution >= 4 is 11.5 Å². The largest absolute Gasteiger partial charge is 0.384 e. The summed E-state index contributed by atoms with van der Waals surface area (Å²) in [5, 5.41) is 8.20. The molecule has 2 aliphatic rings. The summed E-state index contributed by atoms with van der Waals surface area (Å²) in [5.74, 6) is 1.10. The molecule has 3 aromatic heterocycles. The van der Waals surface area contributed by atoms with Crippen LogP contribution in [0, 0.1) is 0 Å². The molecule has 6 rings (SSSR count). The van der Waals surface area contributed by atoms with Crippen LogP contribution >= 0.6 is 0 Å². The molecule has 0 spiro atoms. The molecule has 2 fully saturated rings. The summed E-state index contributed by atoms with van der Waals surface area (Å²) >= 11 is 0. The monoisotopic (exact) mass is 396 g/mol. The maximum atomic E-state index is 6.37. The molecule has 2 atom stereocenters. The lowest BCUT2D eigenvalue weighted by Gasteiger charge is -2.28. The zero-order valence-corrected chi connectivity index (χ0v) is 16.7. The fourth-order valence-corrected chi connectivity index (χ4v) is 5.05. The highest BCUT2D eigenvalue weighted by Gasteiger charge is 2.35. The molecule has 2 saturated heterocycles. The maximum absolute atomic E-state index is 6.37. The number of nitrogens with two attached hydrogens (primary N) is 1. The van der Waals surface area contributed by atoms with E-state index in [0.29, 0.717) is 23.8 Å². The number of hydrogen-bond donors (Lipinski definition) is 2. The first-order valence-electron chi connectivity index (χ1n) is 10.7. The summed E-state index contributed by atoms with van der Waals surface area (Å²) in [5.41, 5.74) is 12.3. The van der Waals surface area contributed by atoms with Crippen molar-refractivity contribution in [3.8, 4) is 22.4 Å². The van der Waals surface area contributed by atoms with Gasteiger partial charge in [0.2, 0.25) is 0 Å². The summed E-state index contributed by atoms with van der Waals surface area (Å²) < 4.78 is 1.74. The molecule has 4 aromatic rings. The Morgan fingerprint density at radius 3 is 2.47 bits per heavy atom. The number of hydrogen-bond acceptors (Lipinski definition) is 5. The van der Waals surface area contributed by atoms with Gasteiger partial charge >= 0.3 is 0 Å². The lowest BCUT2D eigenvalue weighted by atomic mass is 9.89. The summed E-state index contributed by atoms with van der Waals surface area (Å²) in [6.45, 7) is 0. The number of nitrogens with one attached hydrogen (secondary N) is 1. The number of aromatic nitrogens is 4. The Bertz CT molecular complexity index is 1190. The topological polar surface area (TPSA) is 81.1 Å². The lowest BCUT2D eigenvalue weighted by Crippen LogP contribution is -2.37. The second-order valence-corrected chi connectivity index (χ2v) is 8.50. The van der Waals surface area contributed by atoms with Crippen LogP contribution in [-0.2, 0) is 0 Å². The van der Waals surface area contributed by atoms with Crippen molar-refractivity contribution in [2.24, 2.45) is 0 Å². The molecule has 30 heavy (non-hydrogen) atoms. The van der Waals surface area contributed by atoms with Gasteiger partial charge in [0.25, 0.3) is 0 Å². The van der Waals surface area contributed by atoms with Crippen molar-refractivity contribution in [2.75, 3.05) is 5.73 Å². The predicted molar refractivity (Wildman–Crippen MR) is 118 cm³/mol. The van der Waals surface area contributed by atoms with Crippen LogP contribution < -0.4 is 11.1 Å². The van der Waals surface area contributed by atoms with Gasteiger partial charge in [-0.25, -0.2) is 4.98 Å². The number of benzene rings is 1. The van der Waals surface area contributed by atoms with Gasteiger partial charge in [-0.3, -0.25) is 4.98 Å². The van der Waals surface area contributed by atoms with E-state index in [-0.39, 0.29) is 0 Å². The minimum Gasteiger partial charge on any atom is -0.384 e. The second-order valence-electron chi connectivity index (χ2n) is 8.50. The van der Waals surface area contributed by atoms with E-state index >= 15 is 0 Å². The summed E-state index contributed by atoms with van der Waals surface area (Å²) in [7, 11) is 0. The van der Waals surface area contributed by atoms with Crippen LogP contribution in [0.4, 0.5) is 5.82 Å². The number of pyridine rings is 1. The van der Waals surface area contributed by atoms with Gasteiger partial charge in [-0.1, -0.05) is 36.4 Å². The number of anilines is 1. The van der Waals surface area contributed by atoms with Gasteiger partial charge in [0, 0.05) is 52.6 Å². The van der Waals surface area contributed by atoms with Crippen molar-refractivity contribution < 1.29 is 0 Å². The molecule has 5 heterocycles.